The zero-order valence-electron chi connectivity index (χ0n) is 12.3. The van der Waals surface area contributed by atoms with E-state index >= 15 is 0 Å². The molecule has 0 aliphatic heterocycles. The molecule has 0 bridgehead atoms. The maximum absolute atomic E-state index is 12.6. The summed E-state index contributed by atoms with van der Waals surface area (Å²) in [6.07, 6.45) is -2.64. The van der Waals surface area contributed by atoms with Crippen LogP contribution in [0.25, 0.3) is 0 Å². The molecule has 0 aromatic carbocycles. The third-order valence-corrected chi connectivity index (χ3v) is 3.29. The van der Waals surface area contributed by atoms with Gasteiger partial charge >= 0.3 is 0 Å². The van der Waals surface area contributed by atoms with Crippen LogP contribution in [0.5, 0.6) is 0 Å². The fourth-order valence-corrected chi connectivity index (χ4v) is 2.07. The molecular weight excluding hydrogens is 280 g/mol. The quantitative estimate of drug-likeness (QED) is 0.940. The van der Waals surface area contributed by atoms with Crippen molar-refractivity contribution >= 4 is 11.6 Å². The molecule has 2 heterocycles. The number of nitrogens with one attached hydrogen (secondary N) is 1. The first-order chi connectivity index (χ1) is 9.79. The zero-order valence-corrected chi connectivity index (χ0v) is 12.3. The average molecular weight is 297 g/mol. The van der Waals surface area contributed by atoms with E-state index in [1.807, 2.05) is 6.92 Å². The minimum Gasteiger partial charge on any atom is -0.321 e. The van der Waals surface area contributed by atoms with Crippen LogP contribution in [0.1, 0.15) is 29.2 Å². The van der Waals surface area contributed by atoms with Gasteiger partial charge in [0.05, 0.1) is 17.1 Å². The summed E-state index contributed by atoms with van der Waals surface area (Å²) in [5, 5.41) is 10.7. The highest BCUT2D eigenvalue weighted by Gasteiger charge is 2.17. The second-order valence-electron chi connectivity index (χ2n) is 4.89. The highest BCUT2D eigenvalue weighted by molar-refractivity contribution is 5.91. The molecule has 1 amide bonds. The van der Waals surface area contributed by atoms with Crippen LogP contribution in [-0.4, -0.2) is 25.5 Å². The Kier molecular flexibility index (Phi) is 4.06. The SMILES string of the molecule is Cc1nn(C)c(C)c1NC(=O)Cn1nc(C(F)F)cc1C. The Balaban J connectivity index is 2.12. The Morgan fingerprint density at radius 1 is 1.33 bits per heavy atom. The monoisotopic (exact) mass is 297 g/mol. The largest absolute Gasteiger partial charge is 0.321 e. The first kappa shape index (κ1) is 15.1. The number of amides is 1. The second-order valence-corrected chi connectivity index (χ2v) is 4.89. The molecule has 0 saturated carbocycles. The van der Waals surface area contributed by atoms with Crippen LogP contribution in [-0.2, 0) is 18.4 Å². The lowest BCUT2D eigenvalue weighted by Crippen LogP contribution is -2.21. The number of carbonyl (C=O) groups excluding carboxylic acids is 1. The van der Waals surface area contributed by atoms with E-state index in [0.717, 1.165) is 5.69 Å². The van der Waals surface area contributed by atoms with E-state index in [-0.39, 0.29) is 18.1 Å². The van der Waals surface area contributed by atoms with Gasteiger partial charge in [0.25, 0.3) is 6.43 Å². The maximum atomic E-state index is 12.6. The summed E-state index contributed by atoms with van der Waals surface area (Å²) in [5.74, 6) is -0.332. The van der Waals surface area contributed by atoms with Crippen molar-refractivity contribution in [2.24, 2.45) is 7.05 Å². The Bertz CT molecular complexity index is 674. The number of hydrogen-bond donors (Lipinski definition) is 1. The summed E-state index contributed by atoms with van der Waals surface area (Å²) >= 11 is 0. The van der Waals surface area contributed by atoms with Crippen molar-refractivity contribution in [2.75, 3.05) is 5.32 Å². The number of hydrogen-bond acceptors (Lipinski definition) is 3. The first-order valence-electron chi connectivity index (χ1n) is 6.42. The van der Waals surface area contributed by atoms with Gasteiger partial charge in [0.2, 0.25) is 5.91 Å². The summed E-state index contributed by atoms with van der Waals surface area (Å²) in [7, 11) is 1.78. The van der Waals surface area contributed by atoms with Gasteiger partial charge in [0, 0.05) is 12.7 Å². The van der Waals surface area contributed by atoms with E-state index in [4.69, 9.17) is 0 Å². The first-order valence-corrected chi connectivity index (χ1v) is 6.42. The van der Waals surface area contributed by atoms with Crippen LogP contribution in [0.15, 0.2) is 6.07 Å². The number of aromatic nitrogens is 4. The summed E-state index contributed by atoms with van der Waals surface area (Å²) in [6.45, 7) is 5.14. The van der Waals surface area contributed by atoms with Gasteiger partial charge in [-0.3, -0.25) is 14.2 Å². The van der Waals surface area contributed by atoms with Crippen molar-refractivity contribution < 1.29 is 13.6 Å². The van der Waals surface area contributed by atoms with Crippen LogP contribution < -0.4 is 5.32 Å². The van der Waals surface area contributed by atoms with Crippen molar-refractivity contribution in [2.45, 2.75) is 33.7 Å². The number of aryl methyl sites for hydroxylation is 3. The van der Waals surface area contributed by atoms with Gasteiger partial charge in [0.15, 0.2) is 0 Å². The predicted octanol–water partition coefficient (Wildman–Crippen LogP) is 2.12. The Hall–Kier alpha value is -2.25. The molecule has 0 aliphatic carbocycles. The van der Waals surface area contributed by atoms with Gasteiger partial charge in [-0.2, -0.15) is 10.2 Å². The molecule has 21 heavy (non-hydrogen) atoms. The van der Waals surface area contributed by atoms with Gasteiger partial charge in [-0.1, -0.05) is 0 Å². The molecule has 1 N–H and O–H groups in total. The van der Waals surface area contributed by atoms with Crippen molar-refractivity contribution in [3.05, 3.63) is 28.8 Å². The van der Waals surface area contributed by atoms with E-state index in [1.165, 1.54) is 10.7 Å². The molecule has 2 aromatic rings. The van der Waals surface area contributed by atoms with Crippen molar-refractivity contribution in [1.82, 2.24) is 19.6 Å². The lowest BCUT2D eigenvalue weighted by Gasteiger charge is -2.07. The topological polar surface area (TPSA) is 64.7 Å². The normalized spacial score (nSPS) is 11.2. The van der Waals surface area contributed by atoms with Gasteiger partial charge in [-0.15, -0.1) is 0 Å². The summed E-state index contributed by atoms with van der Waals surface area (Å²) in [5.41, 5.74) is 2.36. The number of alkyl halides is 2. The van der Waals surface area contributed by atoms with Crippen LogP contribution in [0.2, 0.25) is 0 Å². The molecule has 2 rings (SSSR count). The summed E-state index contributed by atoms with van der Waals surface area (Å²) < 4.78 is 28.1. The minimum atomic E-state index is -2.64. The predicted molar refractivity (Wildman–Crippen MR) is 73.2 cm³/mol. The molecule has 0 atom stereocenters. The molecular formula is C13H17F2N5O. The highest BCUT2D eigenvalue weighted by Crippen LogP contribution is 2.19. The summed E-state index contributed by atoms with van der Waals surface area (Å²) in [6, 6.07) is 1.28. The van der Waals surface area contributed by atoms with Gasteiger partial charge in [-0.05, 0) is 26.8 Å². The molecule has 0 unspecified atom stereocenters. The van der Waals surface area contributed by atoms with Crippen LogP contribution in [0.3, 0.4) is 0 Å². The standard InChI is InChI=1S/C13H17F2N5O/c1-7-5-10(13(14)15)18-20(7)6-11(21)16-12-8(2)17-19(4)9(12)3/h5,13H,6H2,1-4H3,(H,16,21). The van der Waals surface area contributed by atoms with E-state index < -0.39 is 6.43 Å². The molecule has 114 valence electrons. The Morgan fingerprint density at radius 3 is 2.48 bits per heavy atom. The lowest BCUT2D eigenvalue weighted by atomic mass is 10.3. The molecule has 0 fully saturated rings. The second kappa shape index (κ2) is 5.63. The van der Waals surface area contributed by atoms with Crippen LogP contribution >= 0.6 is 0 Å². The number of halogens is 2. The zero-order chi connectivity index (χ0) is 15.7. The van der Waals surface area contributed by atoms with Gasteiger partial charge in [0.1, 0.15) is 12.2 Å². The van der Waals surface area contributed by atoms with Gasteiger partial charge in [-0.25, -0.2) is 8.78 Å². The third-order valence-electron chi connectivity index (χ3n) is 3.29. The minimum absolute atomic E-state index is 0.119. The molecule has 0 saturated heterocycles. The molecule has 6 nitrogen and oxygen atoms in total. The van der Waals surface area contributed by atoms with Crippen molar-refractivity contribution in [3.8, 4) is 0 Å². The van der Waals surface area contributed by atoms with E-state index in [0.29, 0.717) is 17.1 Å². The number of anilines is 1. The molecule has 8 heteroatoms. The molecule has 2 aromatic heterocycles. The van der Waals surface area contributed by atoms with Crippen LogP contribution in [0, 0.1) is 20.8 Å². The van der Waals surface area contributed by atoms with E-state index in [2.05, 4.69) is 15.5 Å². The van der Waals surface area contributed by atoms with E-state index in [9.17, 15) is 13.6 Å². The third kappa shape index (κ3) is 3.09. The highest BCUT2D eigenvalue weighted by atomic mass is 19.3. The van der Waals surface area contributed by atoms with Crippen molar-refractivity contribution in [3.63, 3.8) is 0 Å². The molecule has 0 aliphatic rings. The smallest absolute Gasteiger partial charge is 0.282 e. The fraction of sp³-hybridized carbons (Fsp3) is 0.462. The molecule has 0 spiro atoms. The lowest BCUT2D eigenvalue weighted by molar-refractivity contribution is -0.117. The van der Waals surface area contributed by atoms with Gasteiger partial charge < -0.3 is 5.32 Å². The number of nitrogens with zero attached hydrogens (tertiary/aromatic N) is 4. The Morgan fingerprint density at radius 2 is 2.00 bits per heavy atom. The van der Waals surface area contributed by atoms with Crippen LogP contribution in [0.4, 0.5) is 14.5 Å². The van der Waals surface area contributed by atoms with E-state index in [1.54, 1.807) is 25.6 Å². The fourth-order valence-electron chi connectivity index (χ4n) is 2.07. The van der Waals surface area contributed by atoms with Crippen molar-refractivity contribution in [1.29, 1.82) is 0 Å². The number of rotatable bonds is 4. The summed E-state index contributed by atoms with van der Waals surface area (Å²) in [4.78, 5) is 12.0. The Labute approximate surface area is 120 Å². The molecule has 0 radical (unpaired) electrons. The number of carbonyl (C=O) groups is 1. The maximum Gasteiger partial charge on any atom is 0.282 e. The average Bonchev–Trinajstić information content (AvgIpc) is 2.86.